The molecule has 0 saturated carbocycles. The molecule has 11 nitrogen and oxygen atoms in total. The van der Waals surface area contributed by atoms with Gasteiger partial charge in [-0.1, -0.05) is 13.0 Å². The molecule has 4 heterocycles. The average Bonchev–Trinajstić information content (AvgIpc) is 3.64. The summed E-state index contributed by atoms with van der Waals surface area (Å²) in [6, 6.07) is 7.45. The third kappa shape index (κ3) is 6.20. The number of carbonyl (C=O) groups is 1. The molecule has 0 atom stereocenters. The van der Waals surface area contributed by atoms with Crippen LogP contribution >= 0.6 is 0 Å². The van der Waals surface area contributed by atoms with Gasteiger partial charge in [0.1, 0.15) is 18.0 Å². The lowest BCUT2D eigenvalue weighted by molar-refractivity contribution is 0.0988. The highest BCUT2D eigenvalue weighted by molar-refractivity contribution is 6.02. The average molecular weight is 528 g/mol. The van der Waals surface area contributed by atoms with Crippen molar-refractivity contribution >= 4 is 28.8 Å². The van der Waals surface area contributed by atoms with Gasteiger partial charge in [-0.15, -0.1) is 0 Å². The monoisotopic (exact) mass is 527 g/mol. The molecule has 3 aromatic heterocycles. The number of aromatic nitrogens is 6. The van der Waals surface area contributed by atoms with E-state index in [1.807, 2.05) is 32.2 Å². The van der Waals surface area contributed by atoms with Crippen LogP contribution in [-0.4, -0.2) is 67.1 Å². The second kappa shape index (κ2) is 12.0. The Labute approximate surface area is 227 Å². The van der Waals surface area contributed by atoms with Gasteiger partial charge in [-0.25, -0.2) is 15.0 Å². The summed E-state index contributed by atoms with van der Waals surface area (Å²) in [6.45, 7) is 5.17. The number of nitrogens with zero attached hydrogens (tertiary/aromatic N) is 7. The largest absolute Gasteiger partial charge is 0.494 e. The van der Waals surface area contributed by atoms with Crippen LogP contribution in [0.5, 0.6) is 5.75 Å². The number of carbonyl (C=O) groups excluding carboxylic acids is 1. The number of likely N-dealkylation sites (tertiary alicyclic amines) is 1. The van der Waals surface area contributed by atoms with Crippen molar-refractivity contribution in [1.29, 1.82) is 0 Å². The normalized spacial score (nSPS) is 13.4. The minimum Gasteiger partial charge on any atom is -0.494 e. The van der Waals surface area contributed by atoms with Crippen molar-refractivity contribution in [3.05, 3.63) is 60.4 Å². The zero-order chi connectivity index (χ0) is 27.2. The first-order chi connectivity index (χ1) is 19.0. The number of hydrogen-bond acceptors (Lipinski definition) is 10. The van der Waals surface area contributed by atoms with E-state index < -0.39 is 0 Å². The van der Waals surface area contributed by atoms with Crippen LogP contribution in [0.1, 0.15) is 42.2 Å². The smallest absolute Gasteiger partial charge is 0.184 e. The van der Waals surface area contributed by atoms with Crippen LogP contribution in [0.4, 0.5) is 23.0 Å². The number of ketones is 1. The standard InChI is InChI=1S/C28H33N9O2/c1-4-24(38)21-16-31-25(34-26-17-29-19(15-30-26)10-13-37-11-5-6-12-37)14-23(21)33-22-9-7-8-20(27(22)39-3)28-32-18-36(2)35-28/h7-9,14-18H,4-6,10-13H2,1-3H3,(H2,30,31,33,34). The molecule has 202 valence electrons. The number of hydrogen-bond donors (Lipinski definition) is 2. The fourth-order valence-electron chi connectivity index (χ4n) is 4.64. The first kappa shape index (κ1) is 26.2. The molecular weight excluding hydrogens is 494 g/mol. The van der Waals surface area contributed by atoms with E-state index in [4.69, 9.17) is 4.74 Å². The number of Topliss-reactive ketones (excluding diaryl/α,β-unsaturated/α-hetero) is 1. The molecule has 2 N–H and O–H groups in total. The summed E-state index contributed by atoms with van der Waals surface area (Å²) in [5.41, 5.74) is 3.45. The van der Waals surface area contributed by atoms with Gasteiger partial charge in [0.25, 0.3) is 0 Å². The maximum Gasteiger partial charge on any atom is 0.184 e. The molecule has 0 aliphatic carbocycles. The molecule has 39 heavy (non-hydrogen) atoms. The predicted octanol–water partition coefficient (Wildman–Crippen LogP) is 4.39. The molecule has 0 amide bonds. The number of pyridine rings is 1. The molecule has 0 bridgehead atoms. The molecule has 11 heteroatoms. The number of anilines is 4. The maximum absolute atomic E-state index is 12.8. The molecule has 1 fully saturated rings. The summed E-state index contributed by atoms with van der Waals surface area (Å²) in [5, 5.41) is 11.0. The van der Waals surface area contributed by atoms with E-state index in [1.165, 1.54) is 25.9 Å². The Balaban J connectivity index is 1.37. The van der Waals surface area contributed by atoms with Crippen molar-refractivity contribution in [2.24, 2.45) is 7.05 Å². The van der Waals surface area contributed by atoms with Crippen LogP contribution in [0, 0.1) is 0 Å². The lowest BCUT2D eigenvalue weighted by Gasteiger charge is -2.17. The van der Waals surface area contributed by atoms with Crippen molar-refractivity contribution in [1.82, 2.24) is 34.6 Å². The van der Waals surface area contributed by atoms with Gasteiger partial charge in [0, 0.05) is 38.7 Å². The fourth-order valence-corrected chi connectivity index (χ4v) is 4.64. The van der Waals surface area contributed by atoms with Gasteiger partial charge in [0.2, 0.25) is 0 Å². The number of benzene rings is 1. The first-order valence-electron chi connectivity index (χ1n) is 13.2. The third-order valence-electron chi connectivity index (χ3n) is 6.70. The fraction of sp³-hybridized carbons (Fsp3) is 0.357. The molecular formula is C28H33N9O2. The van der Waals surface area contributed by atoms with Gasteiger partial charge >= 0.3 is 0 Å². The molecule has 0 radical (unpaired) electrons. The number of aryl methyl sites for hydroxylation is 1. The second-order valence-electron chi connectivity index (χ2n) is 9.46. The number of nitrogens with one attached hydrogen (secondary N) is 2. The summed E-state index contributed by atoms with van der Waals surface area (Å²) < 4.78 is 7.37. The van der Waals surface area contributed by atoms with E-state index >= 15 is 0 Å². The second-order valence-corrected chi connectivity index (χ2v) is 9.46. The van der Waals surface area contributed by atoms with E-state index in [1.54, 1.807) is 42.8 Å². The van der Waals surface area contributed by atoms with Gasteiger partial charge < -0.3 is 20.3 Å². The number of methoxy groups -OCH3 is 1. The molecule has 0 spiro atoms. The number of ether oxygens (including phenoxy) is 1. The molecule has 1 aliphatic heterocycles. The summed E-state index contributed by atoms with van der Waals surface area (Å²) in [4.78, 5) is 33.1. The molecule has 1 saturated heterocycles. The van der Waals surface area contributed by atoms with Crippen LogP contribution in [0.25, 0.3) is 11.4 Å². The van der Waals surface area contributed by atoms with Crippen LogP contribution < -0.4 is 15.4 Å². The van der Waals surface area contributed by atoms with Crippen LogP contribution in [-0.2, 0) is 13.5 Å². The molecule has 1 aliphatic rings. The Morgan fingerprint density at radius 2 is 1.82 bits per heavy atom. The minimum atomic E-state index is -0.0276. The number of rotatable bonds is 11. The van der Waals surface area contributed by atoms with Crippen molar-refractivity contribution in [2.45, 2.75) is 32.6 Å². The van der Waals surface area contributed by atoms with E-state index in [0.29, 0.717) is 46.6 Å². The summed E-state index contributed by atoms with van der Waals surface area (Å²) in [5.74, 6) is 2.20. The lowest BCUT2D eigenvalue weighted by Crippen LogP contribution is -2.22. The van der Waals surface area contributed by atoms with Gasteiger partial charge in [-0.2, -0.15) is 5.10 Å². The Bertz CT molecular complexity index is 1430. The van der Waals surface area contributed by atoms with E-state index in [-0.39, 0.29) is 5.78 Å². The lowest BCUT2D eigenvalue weighted by atomic mass is 10.1. The molecule has 4 aromatic rings. The minimum absolute atomic E-state index is 0.0276. The van der Waals surface area contributed by atoms with E-state index in [0.717, 1.165) is 24.2 Å². The van der Waals surface area contributed by atoms with Gasteiger partial charge in [-0.3, -0.25) is 14.5 Å². The van der Waals surface area contributed by atoms with Gasteiger partial charge in [-0.05, 0) is 38.1 Å². The zero-order valence-corrected chi connectivity index (χ0v) is 22.5. The maximum atomic E-state index is 12.8. The molecule has 1 aromatic carbocycles. The number of para-hydroxylation sites is 1. The molecule has 5 rings (SSSR count). The Morgan fingerprint density at radius 3 is 2.51 bits per heavy atom. The van der Waals surface area contributed by atoms with Crippen LogP contribution in [0.15, 0.2) is 49.2 Å². The van der Waals surface area contributed by atoms with Gasteiger partial charge in [0.15, 0.2) is 17.4 Å². The van der Waals surface area contributed by atoms with Gasteiger partial charge in [0.05, 0.1) is 47.7 Å². The first-order valence-corrected chi connectivity index (χ1v) is 13.2. The van der Waals surface area contributed by atoms with E-state index in [9.17, 15) is 4.79 Å². The SMILES string of the molecule is CCC(=O)c1cnc(Nc2cnc(CCN3CCCC3)cn2)cc1Nc1cccc(-c2ncn(C)n2)c1OC. The van der Waals surface area contributed by atoms with Crippen molar-refractivity contribution in [3.8, 4) is 17.1 Å². The van der Waals surface area contributed by atoms with Crippen molar-refractivity contribution in [2.75, 3.05) is 37.4 Å². The Morgan fingerprint density at radius 1 is 1.00 bits per heavy atom. The topological polar surface area (TPSA) is 123 Å². The summed E-state index contributed by atoms with van der Waals surface area (Å²) in [6.07, 6.45) is 10.5. The Kier molecular flexibility index (Phi) is 8.07. The van der Waals surface area contributed by atoms with Crippen LogP contribution in [0.2, 0.25) is 0 Å². The summed E-state index contributed by atoms with van der Waals surface area (Å²) >= 11 is 0. The van der Waals surface area contributed by atoms with E-state index in [2.05, 4.69) is 40.6 Å². The zero-order valence-electron chi connectivity index (χ0n) is 22.5. The predicted molar refractivity (Wildman–Crippen MR) is 150 cm³/mol. The van der Waals surface area contributed by atoms with Crippen molar-refractivity contribution < 1.29 is 9.53 Å². The Hall–Kier alpha value is -4.38. The highest BCUT2D eigenvalue weighted by Crippen LogP contribution is 2.37. The van der Waals surface area contributed by atoms with Crippen LogP contribution in [0.3, 0.4) is 0 Å². The molecule has 0 unspecified atom stereocenters. The quantitative estimate of drug-likeness (QED) is 0.271. The van der Waals surface area contributed by atoms with Crippen molar-refractivity contribution in [3.63, 3.8) is 0 Å². The highest BCUT2D eigenvalue weighted by atomic mass is 16.5. The third-order valence-corrected chi connectivity index (χ3v) is 6.70. The highest BCUT2D eigenvalue weighted by Gasteiger charge is 2.18. The summed E-state index contributed by atoms with van der Waals surface area (Å²) in [7, 11) is 3.41.